The van der Waals surface area contributed by atoms with E-state index in [0.717, 1.165) is 12.8 Å². The zero-order valence-corrected chi connectivity index (χ0v) is 8.97. The molecular weight excluding hydrogens is 206 g/mol. The minimum Gasteiger partial charge on any atom is -0.391 e. The molecule has 1 unspecified atom stereocenters. The largest absolute Gasteiger partial charge is 0.391 e. The van der Waals surface area contributed by atoms with Gasteiger partial charge in [-0.15, -0.1) is 0 Å². The van der Waals surface area contributed by atoms with Crippen molar-refractivity contribution < 1.29 is 9.90 Å². The summed E-state index contributed by atoms with van der Waals surface area (Å²) >= 11 is 0. The second kappa shape index (κ2) is 4.49. The van der Waals surface area contributed by atoms with Crippen LogP contribution in [-0.2, 0) is 0 Å². The molecule has 0 spiro atoms. The molecule has 2 heterocycles. The van der Waals surface area contributed by atoms with E-state index in [1.807, 2.05) is 0 Å². The van der Waals surface area contributed by atoms with Crippen LogP contribution in [0.1, 0.15) is 23.3 Å². The Kier molecular flexibility index (Phi) is 3.05. The molecule has 5 nitrogen and oxygen atoms in total. The molecule has 2 rings (SSSR count). The van der Waals surface area contributed by atoms with Crippen LogP contribution in [0.3, 0.4) is 0 Å². The number of carbonyl (C=O) groups is 1. The third-order valence-corrected chi connectivity index (χ3v) is 2.67. The lowest BCUT2D eigenvalue weighted by Gasteiger charge is -2.29. The number of carbonyl (C=O) groups excluding carboxylic acids is 1. The highest BCUT2D eigenvalue weighted by atomic mass is 16.3. The first-order valence-electron chi connectivity index (χ1n) is 5.36. The van der Waals surface area contributed by atoms with Crippen LogP contribution in [0, 0.1) is 0 Å². The van der Waals surface area contributed by atoms with Crippen molar-refractivity contribution in [2.45, 2.75) is 18.9 Å². The van der Waals surface area contributed by atoms with Crippen LogP contribution in [0.2, 0.25) is 0 Å². The number of piperidine rings is 1. The average molecular weight is 221 g/mol. The Labute approximate surface area is 93.9 Å². The minimum absolute atomic E-state index is 0.161. The molecule has 16 heavy (non-hydrogen) atoms. The van der Waals surface area contributed by atoms with E-state index < -0.39 is 6.10 Å². The first-order valence-corrected chi connectivity index (χ1v) is 5.36. The van der Waals surface area contributed by atoms with Gasteiger partial charge in [0.05, 0.1) is 6.10 Å². The number of aliphatic hydroxyl groups excluding tert-OH is 1. The van der Waals surface area contributed by atoms with Gasteiger partial charge in [0.25, 0.3) is 5.91 Å². The van der Waals surface area contributed by atoms with Gasteiger partial charge in [0.2, 0.25) is 0 Å². The number of nitrogen functional groups attached to an aromatic ring is 1. The number of aliphatic hydroxyl groups is 1. The summed E-state index contributed by atoms with van der Waals surface area (Å²) in [5.74, 6) is 0.175. The zero-order valence-electron chi connectivity index (χ0n) is 8.97. The SMILES string of the molecule is Nc1cccc(C(=O)N2CCCC(O)C2)n1. The maximum Gasteiger partial charge on any atom is 0.272 e. The van der Waals surface area contributed by atoms with Crippen molar-refractivity contribution in [3.8, 4) is 0 Å². The Morgan fingerprint density at radius 2 is 2.38 bits per heavy atom. The van der Waals surface area contributed by atoms with E-state index >= 15 is 0 Å². The van der Waals surface area contributed by atoms with E-state index in [4.69, 9.17) is 5.73 Å². The number of pyridine rings is 1. The molecule has 0 bridgehead atoms. The topological polar surface area (TPSA) is 79.5 Å². The van der Waals surface area contributed by atoms with Crippen molar-refractivity contribution in [3.05, 3.63) is 23.9 Å². The van der Waals surface area contributed by atoms with Crippen molar-refractivity contribution in [2.24, 2.45) is 0 Å². The van der Waals surface area contributed by atoms with Crippen molar-refractivity contribution in [3.63, 3.8) is 0 Å². The molecule has 0 saturated carbocycles. The van der Waals surface area contributed by atoms with Crippen LogP contribution < -0.4 is 5.73 Å². The van der Waals surface area contributed by atoms with Gasteiger partial charge >= 0.3 is 0 Å². The Balaban J connectivity index is 2.12. The molecule has 0 radical (unpaired) electrons. The van der Waals surface area contributed by atoms with Gasteiger partial charge in [-0.2, -0.15) is 0 Å². The van der Waals surface area contributed by atoms with Gasteiger partial charge in [-0.1, -0.05) is 6.07 Å². The molecule has 1 amide bonds. The van der Waals surface area contributed by atoms with Gasteiger partial charge in [0.15, 0.2) is 0 Å². The van der Waals surface area contributed by atoms with E-state index in [1.165, 1.54) is 0 Å². The van der Waals surface area contributed by atoms with Gasteiger partial charge in [-0.3, -0.25) is 4.79 Å². The summed E-state index contributed by atoms with van der Waals surface area (Å²) < 4.78 is 0. The molecule has 0 aliphatic carbocycles. The molecule has 1 aliphatic rings. The second-order valence-corrected chi connectivity index (χ2v) is 3.99. The van der Waals surface area contributed by atoms with Crippen LogP contribution in [0.15, 0.2) is 18.2 Å². The summed E-state index contributed by atoms with van der Waals surface area (Å²) in [7, 11) is 0. The van der Waals surface area contributed by atoms with E-state index in [1.54, 1.807) is 23.1 Å². The van der Waals surface area contributed by atoms with Gasteiger partial charge < -0.3 is 15.7 Å². The van der Waals surface area contributed by atoms with E-state index in [9.17, 15) is 9.90 Å². The number of hydrogen-bond acceptors (Lipinski definition) is 4. The maximum atomic E-state index is 12.0. The molecule has 1 saturated heterocycles. The van der Waals surface area contributed by atoms with Crippen LogP contribution in [0.4, 0.5) is 5.82 Å². The summed E-state index contributed by atoms with van der Waals surface area (Å²) in [6, 6.07) is 4.98. The predicted molar refractivity (Wildman–Crippen MR) is 59.8 cm³/mol. The van der Waals surface area contributed by atoms with Gasteiger partial charge in [-0.25, -0.2) is 4.98 Å². The van der Waals surface area contributed by atoms with Crippen LogP contribution in [0.25, 0.3) is 0 Å². The summed E-state index contributed by atoms with van der Waals surface area (Å²) in [5, 5.41) is 9.49. The molecule has 1 fully saturated rings. The fourth-order valence-corrected chi connectivity index (χ4v) is 1.87. The van der Waals surface area contributed by atoms with Crippen molar-refractivity contribution in [1.29, 1.82) is 0 Å². The molecule has 86 valence electrons. The first-order chi connectivity index (χ1) is 7.66. The number of β-amino-alcohol motifs (C(OH)–C–C–N with tert-alkyl or cyclic N) is 1. The first kappa shape index (κ1) is 10.9. The molecule has 1 atom stereocenters. The van der Waals surface area contributed by atoms with Crippen LogP contribution >= 0.6 is 0 Å². The Bertz CT molecular complexity index is 395. The number of nitrogens with two attached hydrogens (primary N) is 1. The summed E-state index contributed by atoms with van der Waals surface area (Å²) in [4.78, 5) is 17.6. The van der Waals surface area contributed by atoms with E-state index in [2.05, 4.69) is 4.98 Å². The predicted octanol–water partition coefficient (Wildman–Crippen LogP) is 0.261. The summed E-state index contributed by atoms with van der Waals surface area (Å²) in [6.07, 6.45) is 1.17. The molecular formula is C11H15N3O2. The number of anilines is 1. The molecule has 3 N–H and O–H groups in total. The number of amides is 1. The average Bonchev–Trinajstić information content (AvgIpc) is 2.28. The lowest BCUT2D eigenvalue weighted by Crippen LogP contribution is -2.42. The van der Waals surface area contributed by atoms with Crippen molar-refractivity contribution >= 4 is 11.7 Å². The second-order valence-electron chi connectivity index (χ2n) is 3.99. The van der Waals surface area contributed by atoms with Gasteiger partial charge in [0, 0.05) is 13.1 Å². The van der Waals surface area contributed by atoms with E-state index in [0.29, 0.717) is 24.6 Å². The summed E-state index contributed by atoms with van der Waals surface area (Å²) in [6.45, 7) is 1.06. The lowest BCUT2D eigenvalue weighted by molar-refractivity contribution is 0.0469. The van der Waals surface area contributed by atoms with Gasteiger partial charge in [-0.05, 0) is 25.0 Å². The van der Waals surface area contributed by atoms with Gasteiger partial charge in [0.1, 0.15) is 11.5 Å². The Morgan fingerprint density at radius 1 is 1.56 bits per heavy atom. The number of likely N-dealkylation sites (tertiary alicyclic amines) is 1. The third kappa shape index (κ3) is 2.30. The molecule has 5 heteroatoms. The minimum atomic E-state index is -0.418. The molecule has 1 aromatic rings. The highest BCUT2D eigenvalue weighted by Crippen LogP contribution is 2.13. The highest BCUT2D eigenvalue weighted by Gasteiger charge is 2.23. The number of rotatable bonds is 1. The molecule has 1 aromatic heterocycles. The third-order valence-electron chi connectivity index (χ3n) is 2.67. The normalized spacial score (nSPS) is 20.8. The maximum absolute atomic E-state index is 12.0. The fraction of sp³-hybridized carbons (Fsp3) is 0.455. The fourth-order valence-electron chi connectivity index (χ4n) is 1.87. The smallest absolute Gasteiger partial charge is 0.272 e. The van der Waals surface area contributed by atoms with Crippen LogP contribution in [0.5, 0.6) is 0 Å². The summed E-state index contributed by atoms with van der Waals surface area (Å²) in [5.41, 5.74) is 5.86. The zero-order chi connectivity index (χ0) is 11.5. The molecule has 1 aliphatic heterocycles. The number of nitrogens with zero attached hydrogens (tertiary/aromatic N) is 2. The van der Waals surface area contributed by atoms with Crippen LogP contribution in [-0.4, -0.2) is 40.1 Å². The monoisotopic (exact) mass is 221 g/mol. The van der Waals surface area contributed by atoms with Crippen molar-refractivity contribution in [2.75, 3.05) is 18.8 Å². The highest BCUT2D eigenvalue weighted by molar-refractivity contribution is 5.92. The number of hydrogen-bond donors (Lipinski definition) is 2. The number of aromatic nitrogens is 1. The molecule has 0 aromatic carbocycles. The lowest BCUT2D eigenvalue weighted by atomic mass is 10.1. The quantitative estimate of drug-likeness (QED) is 0.713. The standard InChI is InChI=1S/C11H15N3O2/c12-10-5-1-4-9(13-10)11(16)14-6-2-3-8(15)7-14/h1,4-5,8,15H,2-3,6-7H2,(H2,12,13). The Morgan fingerprint density at radius 3 is 3.06 bits per heavy atom. The van der Waals surface area contributed by atoms with Crippen molar-refractivity contribution in [1.82, 2.24) is 9.88 Å². The van der Waals surface area contributed by atoms with E-state index in [-0.39, 0.29) is 5.91 Å². The Hall–Kier alpha value is -1.62.